The van der Waals surface area contributed by atoms with Crippen LogP contribution in [0.3, 0.4) is 0 Å². The smallest absolute Gasteiger partial charge is 0.264 e. The van der Waals surface area contributed by atoms with Crippen molar-refractivity contribution in [1.82, 2.24) is 15.0 Å². The minimum atomic E-state index is -1.94. The first-order chi connectivity index (χ1) is 24.9. The molecule has 1 unspecified atom stereocenters. The summed E-state index contributed by atoms with van der Waals surface area (Å²) in [5, 5.41) is 73.2. The second kappa shape index (κ2) is 15.6. The Morgan fingerprint density at radius 1 is 1.04 bits per heavy atom. The van der Waals surface area contributed by atoms with Crippen LogP contribution in [0.1, 0.15) is 41.6 Å². The number of aryl methyl sites for hydroxylation is 1. The Balaban J connectivity index is 1.13. The van der Waals surface area contributed by atoms with Crippen LogP contribution < -0.4 is 10.2 Å². The van der Waals surface area contributed by atoms with E-state index < -0.39 is 54.0 Å². The molecule has 52 heavy (non-hydrogen) atoms. The van der Waals surface area contributed by atoms with Crippen LogP contribution in [0, 0.1) is 5.92 Å². The number of aliphatic hydroxyl groups excluding tert-OH is 5. The molecule has 15 heteroatoms. The third kappa shape index (κ3) is 7.38. The zero-order chi connectivity index (χ0) is 37.2. The van der Waals surface area contributed by atoms with E-state index in [0.29, 0.717) is 40.5 Å². The lowest BCUT2D eigenvalue weighted by atomic mass is 9.83. The average Bonchev–Trinajstić information content (AvgIpc) is 3.68. The highest BCUT2D eigenvalue weighted by Crippen LogP contribution is 2.46. The molecule has 4 aromatic rings. The number of nitrogens with zero attached hydrogens (tertiary/aromatic N) is 4. The summed E-state index contributed by atoms with van der Waals surface area (Å²) >= 11 is 6.35. The summed E-state index contributed by atoms with van der Waals surface area (Å²) in [7, 11) is 0. The van der Waals surface area contributed by atoms with Crippen molar-refractivity contribution in [3.8, 4) is 0 Å². The minimum Gasteiger partial charge on any atom is -0.395 e. The number of carbonyl (C=O) groups is 2. The van der Waals surface area contributed by atoms with E-state index in [1.165, 1.54) is 4.90 Å². The van der Waals surface area contributed by atoms with Crippen LogP contribution >= 0.6 is 11.6 Å². The molecule has 2 aliphatic heterocycles. The first-order valence-electron chi connectivity index (χ1n) is 16.8. The minimum absolute atomic E-state index is 0.0224. The molecule has 6 rings (SSSR count). The molecule has 3 aromatic carbocycles. The molecule has 0 radical (unpaired) electrons. The van der Waals surface area contributed by atoms with Crippen molar-refractivity contribution >= 4 is 34.8 Å². The van der Waals surface area contributed by atoms with E-state index in [2.05, 4.69) is 15.6 Å². The van der Waals surface area contributed by atoms with Gasteiger partial charge in [0.1, 0.15) is 18.3 Å². The van der Waals surface area contributed by atoms with Gasteiger partial charge in [-0.2, -0.15) is 0 Å². The summed E-state index contributed by atoms with van der Waals surface area (Å²) in [6, 6.07) is 21.0. The number of hydrogen-bond donors (Lipinski definition) is 7. The van der Waals surface area contributed by atoms with Crippen LogP contribution in [0.25, 0.3) is 0 Å². The van der Waals surface area contributed by atoms with Crippen LogP contribution in [-0.2, 0) is 33.0 Å². The zero-order valence-corrected chi connectivity index (χ0v) is 28.9. The molecule has 3 heterocycles. The second-order valence-corrected chi connectivity index (χ2v) is 13.4. The van der Waals surface area contributed by atoms with Crippen molar-refractivity contribution in [2.24, 2.45) is 5.92 Å². The molecule has 1 saturated heterocycles. The van der Waals surface area contributed by atoms with E-state index in [9.17, 15) is 40.2 Å². The van der Waals surface area contributed by atoms with Gasteiger partial charge in [-0.25, -0.2) is 0 Å². The van der Waals surface area contributed by atoms with E-state index in [4.69, 9.17) is 16.3 Å². The van der Waals surface area contributed by atoms with Crippen molar-refractivity contribution in [2.45, 2.75) is 68.7 Å². The van der Waals surface area contributed by atoms with Gasteiger partial charge in [-0.15, -0.1) is 5.10 Å². The fourth-order valence-corrected chi connectivity index (χ4v) is 6.75. The number of aromatic nitrogens is 3. The van der Waals surface area contributed by atoms with Gasteiger partial charge in [0.15, 0.2) is 18.0 Å². The third-order valence-corrected chi connectivity index (χ3v) is 9.75. The number of benzene rings is 3. The Labute approximate surface area is 304 Å². The van der Waals surface area contributed by atoms with Crippen LogP contribution in [-0.4, -0.2) is 94.8 Å². The highest BCUT2D eigenvalue weighted by molar-refractivity contribution is 6.31. The number of allylic oxidation sites excluding steroid dienone is 1. The van der Waals surface area contributed by atoms with Crippen molar-refractivity contribution in [3.63, 3.8) is 0 Å². The van der Waals surface area contributed by atoms with Crippen molar-refractivity contribution < 1.29 is 45.0 Å². The largest absolute Gasteiger partial charge is 0.395 e. The predicted molar refractivity (Wildman–Crippen MR) is 189 cm³/mol. The SMILES string of the molecule is C[C@H](/C=C/CCn1cc(C(CO)c2ccccc2)nn1)[C@@]1(O)C(=O)N(Cc2cccc(NC(=O)[C@H]3O[C@@H](O)[C@H](O)[C@@H](O)[C@@H]3O)c2)c2ccc(Cl)cc21. The van der Waals surface area contributed by atoms with Gasteiger partial charge in [0.2, 0.25) is 0 Å². The molecule has 0 spiro atoms. The maximum atomic E-state index is 14.1. The highest BCUT2D eigenvalue weighted by Gasteiger charge is 2.52. The van der Waals surface area contributed by atoms with Crippen LogP contribution in [0.4, 0.5) is 11.4 Å². The maximum Gasteiger partial charge on any atom is 0.264 e. The lowest BCUT2D eigenvalue weighted by Crippen LogP contribution is -2.60. The van der Waals surface area contributed by atoms with Crippen molar-refractivity contribution in [2.75, 3.05) is 16.8 Å². The molecule has 14 nitrogen and oxygen atoms in total. The van der Waals surface area contributed by atoms with Crippen molar-refractivity contribution in [1.29, 1.82) is 0 Å². The van der Waals surface area contributed by atoms with Crippen LogP contribution in [0.2, 0.25) is 5.02 Å². The molecule has 0 saturated carbocycles. The molecular formula is C37H40ClN5O9. The van der Waals surface area contributed by atoms with E-state index in [0.717, 1.165) is 5.56 Å². The summed E-state index contributed by atoms with van der Waals surface area (Å²) < 4.78 is 6.70. The van der Waals surface area contributed by atoms with E-state index in [1.54, 1.807) is 66.3 Å². The molecule has 0 bridgehead atoms. The van der Waals surface area contributed by atoms with E-state index in [1.807, 2.05) is 36.4 Å². The molecule has 7 N–H and O–H groups in total. The lowest BCUT2D eigenvalue weighted by Gasteiger charge is -2.37. The zero-order valence-electron chi connectivity index (χ0n) is 28.1. The van der Waals surface area contributed by atoms with Gasteiger partial charge in [0, 0.05) is 34.9 Å². The predicted octanol–water partition coefficient (Wildman–Crippen LogP) is 1.81. The van der Waals surface area contributed by atoms with Crippen LogP contribution in [0.5, 0.6) is 0 Å². The molecule has 0 aliphatic carbocycles. The lowest BCUT2D eigenvalue weighted by molar-refractivity contribution is -0.274. The summed E-state index contributed by atoms with van der Waals surface area (Å²) in [6.45, 7) is 2.13. The Morgan fingerprint density at radius 2 is 1.81 bits per heavy atom. The second-order valence-electron chi connectivity index (χ2n) is 13.0. The number of aliphatic hydroxyl groups is 6. The van der Waals surface area contributed by atoms with Gasteiger partial charge < -0.3 is 45.6 Å². The Hall–Kier alpha value is -4.51. The number of nitrogens with one attached hydrogen (secondary N) is 1. The normalized spacial score (nSPS) is 25.7. The number of halogens is 1. The number of fused-ring (bicyclic) bond motifs is 1. The topological polar surface area (TPSA) is 211 Å². The van der Waals surface area contributed by atoms with Gasteiger partial charge in [0.05, 0.1) is 30.5 Å². The van der Waals surface area contributed by atoms with Gasteiger partial charge in [-0.3, -0.25) is 14.3 Å². The maximum absolute atomic E-state index is 14.1. The third-order valence-electron chi connectivity index (χ3n) is 9.52. The van der Waals surface area contributed by atoms with Gasteiger partial charge in [-0.05, 0) is 47.9 Å². The molecule has 1 fully saturated rings. The van der Waals surface area contributed by atoms with Gasteiger partial charge in [0.25, 0.3) is 11.8 Å². The highest BCUT2D eigenvalue weighted by atomic mass is 35.5. The molecule has 8 atom stereocenters. The summed E-state index contributed by atoms with van der Waals surface area (Å²) in [6.07, 6.45) is -2.96. The number of ether oxygens (including phenoxy) is 1. The number of anilines is 2. The molecule has 1 aromatic heterocycles. The average molecular weight is 734 g/mol. The Bertz CT molecular complexity index is 1930. The van der Waals surface area contributed by atoms with Crippen molar-refractivity contribution in [3.05, 3.63) is 119 Å². The summed E-state index contributed by atoms with van der Waals surface area (Å²) in [5.74, 6) is -2.39. The quantitative estimate of drug-likeness (QED) is 0.104. The monoisotopic (exact) mass is 733 g/mol. The number of carbonyl (C=O) groups excluding carboxylic acids is 2. The first kappa shape index (κ1) is 37.3. The fraction of sp³-hybridized carbons (Fsp3) is 0.351. The number of amides is 2. The van der Waals surface area contributed by atoms with E-state index in [-0.39, 0.29) is 24.8 Å². The summed E-state index contributed by atoms with van der Waals surface area (Å²) in [5.41, 5.74) is 1.33. The standard InChI is InChI=1S/C37H40ClN5O9/c1-21(8-5-6-15-42-19-28(40-41-42)26(20-44)23-10-3-2-4-11-23)37(51)27-17-24(38)13-14-29(27)43(36(37)50)18-22-9-7-12-25(16-22)39-34(48)33-31(46)30(45)32(47)35(49)52-33/h2-5,7-14,16-17,19,21,26,30-33,35,44-47,49,51H,6,15,18,20H2,1H3,(H,39,48)/b8-5+/t21-,26?,30+,31+,32-,33+,35-,37+/m1/s1. The fourth-order valence-electron chi connectivity index (χ4n) is 6.58. The van der Waals surface area contributed by atoms with E-state index >= 15 is 0 Å². The molecular weight excluding hydrogens is 694 g/mol. The molecule has 274 valence electrons. The van der Waals surface area contributed by atoms with Gasteiger partial charge in [-0.1, -0.05) is 78.4 Å². The Morgan fingerprint density at radius 3 is 2.56 bits per heavy atom. The summed E-state index contributed by atoms with van der Waals surface area (Å²) in [4.78, 5) is 28.4. The number of rotatable bonds is 12. The first-order valence-corrected chi connectivity index (χ1v) is 17.1. The molecule has 2 aliphatic rings. The number of hydrogen-bond acceptors (Lipinski definition) is 11. The Kier molecular flexibility index (Phi) is 11.2. The molecule has 2 amide bonds. The van der Waals surface area contributed by atoms with Crippen LogP contribution in [0.15, 0.2) is 91.1 Å². The van der Waals surface area contributed by atoms with Gasteiger partial charge >= 0.3 is 0 Å².